The quantitative estimate of drug-likeness (QED) is 0.315. The Balaban J connectivity index is 1.80. The van der Waals surface area contributed by atoms with Gasteiger partial charge in [0, 0.05) is 16.7 Å². The predicted molar refractivity (Wildman–Crippen MR) is 120 cm³/mol. The van der Waals surface area contributed by atoms with E-state index in [1.54, 1.807) is 24.4 Å². The molecule has 0 saturated carbocycles. The number of aromatic nitrogens is 2. The van der Waals surface area contributed by atoms with Crippen molar-refractivity contribution in [2.75, 3.05) is 0 Å². The van der Waals surface area contributed by atoms with Gasteiger partial charge in [-0.05, 0) is 65.7 Å². The first-order valence-corrected chi connectivity index (χ1v) is 9.98. The number of nitrogens with zero attached hydrogens (tertiary/aromatic N) is 2. The van der Waals surface area contributed by atoms with Gasteiger partial charge in [0.15, 0.2) is 0 Å². The summed E-state index contributed by atoms with van der Waals surface area (Å²) in [4.78, 5) is 9.70. The molecule has 1 aromatic heterocycles. The first-order valence-electron chi connectivity index (χ1n) is 9.98. The van der Waals surface area contributed by atoms with E-state index in [9.17, 15) is 8.78 Å². The largest absolute Gasteiger partial charge is 0.252 e. The van der Waals surface area contributed by atoms with Gasteiger partial charge in [-0.15, -0.1) is 0 Å². The first kappa shape index (κ1) is 19.1. The lowest BCUT2D eigenvalue weighted by Crippen LogP contribution is -1.98. The summed E-state index contributed by atoms with van der Waals surface area (Å²) in [5.41, 5.74) is 5.35. The number of fused-ring (bicyclic) bond motifs is 1. The highest BCUT2D eigenvalue weighted by Gasteiger charge is 2.17. The Hall–Kier alpha value is -3.92. The maximum atomic E-state index is 13.7. The molecule has 1 heterocycles. The van der Waals surface area contributed by atoms with Crippen molar-refractivity contribution in [1.29, 1.82) is 0 Å². The molecule has 4 heteroatoms. The van der Waals surface area contributed by atoms with E-state index in [1.165, 1.54) is 24.3 Å². The van der Waals surface area contributed by atoms with Gasteiger partial charge in [-0.1, -0.05) is 42.5 Å². The van der Waals surface area contributed by atoms with Crippen LogP contribution in [0, 0.1) is 18.6 Å². The molecule has 2 nitrogen and oxygen atoms in total. The Morgan fingerprint density at radius 1 is 0.677 bits per heavy atom. The van der Waals surface area contributed by atoms with Crippen molar-refractivity contribution in [1.82, 2.24) is 9.97 Å². The fourth-order valence-corrected chi connectivity index (χ4v) is 3.86. The van der Waals surface area contributed by atoms with Gasteiger partial charge < -0.3 is 0 Å². The lowest BCUT2D eigenvalue weighted by molar-refractivity contribution is 0.626. The smallest absolute Gasteiger partial charge is 0.123 e. The number of aryl methyl sites for hydroxylation is 1. The number of rotatable bonds is 3. The molecule has 4 aromatic carbocycles. The minimum absolute atomic E-state index is 0.288. The lowest BCUT2D eigenvalue weighted by atomic mass is 9.96. The van der Waals surface area contributed by atoms with Gasteiger partial charge in [-0.2, -0.15) is 0 Å². The molecule has 0 aliphatic heterocycles. The van der Waals surface area contributed by atoms with Crippen LogP contribution in [0.3, 0.4) is 0 Å². The Labute approximate surface area is 178 Å². The molecule has 0 aliphatic rings. The predicted octanol–water partition coefficient (Wildman–Crippen LogP) is 7.22. The fraction of sp³-hybridized carbons (Fsp3) is 0.0370. The van der Waals surface area contributed by atoms with Gasteiger partial charge in [-0.3, -0.25) is 4.98 Å². The van der Waals surface area contributed by atoms with Gasteiger partial charge in [-0.25, -0.2) is 13.8 Å². The topological polar surface area (TPSA) is 25.8 Å². The molecule has 0 aliphatic carbocycles. The van der Waals surface area contributed by atoms with Crippen LogP contribution in [0.25, 0.3) is 44.5 Å². The second-order valence-corrected chi connectivity index (χ2v) is 7.45. The minimum atomic E-state index is -0.301. The van der Waals surface area contributed by atoms with Crippen LogP contribution in [0.15, 0.2) is 91.1 Å². The van der Waals surface area contributed by atoms with Crippen LogP contribution in [0.4, 0.5) is 8.78 Å². The number of hydrogen-bond donors (Lipinski definition) is 0. The van der Waals surface area contributed by atoms with Crippen molar-refractivity contribution in [3.8, 4) is 33.8 Å². The van der Waals surface area contributed by atoms with E-state index >= 15 is 0 Å². The van der Waals surface area contributed by atoms with Crippen molar-refractivity contribution in [3.63, 3.8) is 0 Å². The Bertz CT molecular complexity index is 1400. The maximum Gasteiger partial charge on any atom is 0.123 e. The third-order valence-corrected chi connectivity index (χ3v) is 5.40. The molecule has 0 N–H and O–H groups in total. The summed E-state index contributed by atoms with van der Waals surface area (Å²) in [6, 6.07) is 25.0. The highest BCUT2D eigenvalue weighted by Crippen LogP contribution is 2.36. The monoisotopic (exact) mass is 408 g/mol. The van der Waals surface area contributed by atoms with E-state index in [2.05, 4.69) is 18.2 Å². The Morgan fingerprint density at radius 2 is 1.42 bits per heavy atom. The van der Waals surface area contributed by atoms with Crippen molar-refractivity contribution < 1.29 is 8.78 Å². The van der Waals surface area contributed by atoms with E-state index in [0.717, 1.165) is 33.0 Å². The molecule has 31 heavy (non-hydrogen) atoms. The van der Waals surface area contributed by atoms with Crippen LogP contribution in [0.1, 0.15) is 5.56 Å². The molecule has 0 bridgehead atoms. The summed E-state index contributed by atoms with van der Waals surface area (Å²) in [5, 5.41) is 2.15. The normalized spacial score (nSPS) is 11.1. The van der Waals surface area contributed by atoms with Crippen LogP contribution in [0.5, 0.6) is 0 Å². The van der Waals surface area contributed by atoms with Crippen LogP contribution < -0.4 is 0 Å². The zero-order chi connectivity index (χ0) is 21.4. The molecule has 0 radical (unpaired) electrons. The van der Waals surface area contributed by atoms with Crippen LogP contribution in [-0.2, 0) is 0 Å². The van der Waals surface area contributed by atoms with Gasteiger partial charge in [0.2, 0.25) is 0 Å². The van der Waals surface area contributed by atoms with Crippen molar-refractivity contribution in [2.45, 2.75) is 6.92 Å². The summed E-state index contributed by atoms with van der Waals surface area (Å²) in [7, 11) is 0. The summed E-state index contributed by atoms with van der Waals surface area (Å²) in [6.07, 6.45) is 1.68. The second-order valence-electron chi connectivity index (χ2n) is 7.45. The molecule has 0 unspecified atom stereocenters. The van der Waals surface area contributed by atoms with Gasteiger partial charge >= 0.3 is 0 Å². The van der Waals surface area contributed by atoms with Gasteiger partial charge in [0.05, 0.1) is 23.3 Å². The highest BCUT2D eigenvalue weighted by molar-refractivity contribution is 5.99. The molecule has 0 saturated heterocycles. The molecular formula is C27H18F2N2. The standard InChI is InChI=1S/C27H18F2N2/c1-17-15-21(29)13-14-22(17)26-27(24-8-4-6-18-5-2-3-7-23(18)24)31-25(16-30-26)19-9-11-20(28)12-10-19/h2-16H,1H3. The van der Waals surface area contributed by atoms with Crippen LogP contribution in [-0.4, -0.2) is 9.97 Å². The van der Waals surface area contributed by atoms with E-state index in [-0.39, 0.29) is 11.6 Å². The number of benzene rings is 4. The maximum absolute atomic E-state index is 13.7. The first-order chi connectivity index (χ1) is 15.1. The summed E-state index contributed by atoms with van der Waals surface area (Å²) < 4.78 is 27.2. The molecule has 5 rings (SSSR count). The Kier molecular flexibility index (Phi) is 4.75. The third kappa shape index (κ3) is 3.57. The minimum Gasteiger partial charge on any atom is -0.252 e. The molecule has 150 valence electrons. The van der Waals surface area contributed by atoms with Gasteiger partial charge in [0.25, 0.3) is 0 Å². The van der Waals surface area contributed by atoms with E-state index in [0.29, 0.717) is 17.1 Å². The number of hydrogen-bond acceptors (Lipinski definition) is 2. The fourth-order valence-electron chi connectivity index (χ4n) is 3.86. The molecule has 5 aromatic rings. The summed E-state index contributed by atoms with van der Waals surface area (Å²) >= 11 is 0. The zero-order valence-corrected chi connectivity index (χ0v) is 16.8. The molecule has 0 amide bonds. The highest BCUT2D eigenvalue weighted by atomic mass is 19.1. The SMILES string of the molecule is Cc1cc(F)ccc1-c1ncc(-c2ccc(F)cc2)nc1-c1cccc2ccccc12. The molecule has 0 fully saturated rings. The van der Waals surface area contributed by atoms with Crippen molar-refractivity contribution in [3.05, 3.63) is 108 Å². The second kappa shape index (κ2) is 7.73. The van der Waals surface area contributed by atoms with Crippen molar-refractivity contribution >= 4 is 10.8 Å². The van der Waals surface area contributed by atoms with E-state index in [4.69, 9.17) is 9.97 Å². The average molecular weight is 408 g/mol. The summed E-state index contributed by atoms with van der Waals surface area (Å²) in [5.74, 6) is -0.589. The van der Waals surface area contributed by atoms with Crippen molar-refractivity contribution in [2.24, 2.45) is 0 Å². The molecule has 0 spiro atoms. The lowest BCUT2D eigenvalue weighted by Gasteiger charge is -2.14. The summed E-state index contributed by atoms with van der Waals surface area (Å²) in [6.45, 7) is 1.86. The zero-order valence-electron chi connectivity index (χ0n) is 16.8. The average Bonchev–Trinajstić information content (AvgIpc) is 2.79. The molecular weight excluding hydrogens is 390 g/mol. The van der Waals surface area contributed by atoms with Crippen LogP contribution >= 0.6 is 0 Å². The molecule has 0 atom stereocenters. The third-order valence-electron chi connectivity index (χ3n) is 5.40. The van der Waals surface area contributed by atoms with Gasteiger partial charge in [0.1, 0.15) is 11.6 Å². The van der Waals surface area contributed by atoms with E-state index in [1.807, 2.05) is 31.2 Å². The van der Waals surface area contributed by atoms with Crippen LogP contribution in [0.2, 0.25) is 0 Å². The Morgan fingerprint density at radius 3 is 2.23 bits per heavy atom. The van der Waals surface area contributed by atoms with E-state index < -0.39 is 0 Å². The number of halogens is 2.